The molecule has 1 aromatic carbocycles. The minimum Gasteiger partial charge on any atom is -0.494 e. The predicted octanol–water partition coefficient (Wildman–Crippen LogP) is 2.36. The molecule has 0 atom stereocenters. The number of methoxy groups -OCH3 is 1. The van der Waals surface area contributed by atoms with Crippen LogP contribution in [-0.4, -0.2) is 50.6 Å². The highest BCUT2D eigenvalue weighted by Crippen LogP contribution is 2.33. The lowest BCUT2D eigenvalue weighted by molar-refractivity contribution is -0.120. The van der Waals surface area contributed by atoms with E-state index in [1.807, 2.05) is 39.9 Å². The first kappa shape index (κ1) is 17.6. The molecule has 5 rings (SSSR count). The van der Waals surface area contributed by atoms with E-state index >= 15 is 0 Å². The van der Waals surface area contributed by atoms with Crippen molar-refractivity contribution in [2.24, 2.45) is 5.92 Å². The molecule has 4 heterocycles. The van der Waals surface area contributed by atoms with Gasteiger partial charge in [-0.05, 0) is 12.1 Å². The first-order chi connectivity index (χ1) is 14.2. The Kier molecular flexibility index (Phi) is 4.32. The molecule has 0 bridgehead atoms. The monoisotopic (exact) mass is 407 g/mol. The van der Waals surface area contributed by atoms with E-state index in [0.29, 0.717) is 24.0 Å². The van der Waals surface area contributed by atoms with Crippen molar-refractivity contribution in [2.75, 3.05) is 30.4 Å². The number of amides is 1. The maximum absolute atomic E-state index is 12.6. The van der Waals surface area contributed by atoms with Crippen LogP contribution in [0.5, 0.6) is 5.75 Å². The quantitative estimate of drug-likeness (QED) is 0.542. The number of anilines is 2. The lowest BCUT2D eigenvalue weighted by Gasteiger charge is -2.38. The van der Waals surface area contributed by atoms with Gasteiger partial charge in [-0.15, -0.1) is 0 Å². The van der Waals surface area contributed by atoms with E-state index in [1.165, 1.54) is 17.7 Å². The molecule has 3 aromatic heterocycles. The molecule has 146 valence electrons. The number of aromatic nitrogens is 5. The molecule has 29 heavy (non-hydrogen) atoms. The Morgan fingerprint density at radius 2 is 2.14 bits per heavy atom. The molecule has 4 aromatic rings. The van der Waals surface area contributed by atoms with Crippen LogP contribution in [0.2, 0.25) is 0 Å². The molecule has 1 aliphatic heterocycles. The maximum Gasteiger partial charge on any atom is 0.232 e. The first-order valence-corrected chi connectivity index (χ1v) is 9.82. The van der Waals surface area contributed by atoms with E-state index in [-0.39, 0.29) is 11.8 Å². The summed E-state index contributed by atoms with van der Waals surface area (Å²) in [6.45, 7) is 1.20. The second kappa shape index (κ2) is 7.13. The van der Waals surface area contributed by atoms with Gasteiger partial charge in [0.05, 0.1) is 17.7 Å². The molecule has 10 heteroatoms. The van der Waals surface area contributed by atoms with Gasteiger partial charge in [0.2, 0.25) is 5.91 Å². The fraction of sp³-hybridized carbons (Fsp3) is 0.211. The van der Waals surface area contributed by atoms with Crippen molar-refractivity contribution in [2.45, 2.75) is 0 Å². The molecular weight excluding hydrogens is 390 g/mol. The number of ether oxygens (including phenoxy) is 1. The molecule has 1 saturated heterocycles. The summed E-state index contributed by atoms with van der Waals surface area (Å²) < 4.78 is 8.12. The molecule has 0 saturated carbocycles. The molecule has 0 aliphatic carbocycles. The zero-order chi connectivity index (χ0) is 19.8. The van der Waals surface area contributed by atoms with Gasteiger partial charge in [-0.2, -0.15) is 0 Å². The van der Waals surface area contributed by atoms with Gasteiger partial charge in [0, 0.05) is 31.5 Å². The third-order valence-electron chi connectivity index (χ3n) is 4.82. The number of carbonyl (C=O) groups excluding carboxylic acids is 1. The Morgan fingerprint density at radius 3 is 2.93 bits per heavy atom. The highest BCUT2D eigenvalue weighted by Gasteiger charge is 2.34. The zero-order valence-electron chi connectivity index (χ0n) is 15.5. The number of nitrogens with zero attached hydrogens (tertiary/aromatic N) is 6. The van der Waals surface area contributed by atoms with Gasteiger partial charge in [0.15, 0.2) is 5.13 Å². The van der Waals surface area contributed by atoms with Crippen molar-refractivity contribution in [3.05, 3.63) is 49.3 Å². The summed E-state index contributed by atoms with van der Waals surface area (Å²) in [4.78, 5) is 31.8. The third kappa shape index (κ3) is 3.27. The van der Waals surface area contributed by atoms with Gasteiger partial charge < -0.3 is 15.0 Å². The number of nitrogens with one attached hydrogen (secondary N) is 1. The van der Waals surface area contributed by atoms with Crippen molar-refractivity contribution in [3.63, 3.8) is 0 Å². The van der Waals surface area contributed by atoms with Crippen molar-refractivity contribution in [1.82, 2.24) is 24.5 Å². The van der Waals surface area contributed by atoms with Gasteiger partial charge in [0.1, 0.15) is 35.6 Å². The molecular formula is C19H17N7O2S. The lowest BCUT2D eigenvalue weighted by atomic mass is 9.99. The second-order valence-electron chi connectivity index (χ2n) is 6.62. The summed E-state index contributed by atoms with van der Waals surface area (Å²) in [6, 6.07) is 7.62. The molecule has 0 unspecified atom stereocenters. The molecule has 1 fully saturated rings. The van der Waals surface area contributed by atoms with Gasteiger partial charge >= 0.3 is 0 Å². The van der Waals surface area contributed by atoms with E-state index in [9.17, 15) is 4.79 Å². The second-order valence-corrected chi connectivity index (χ2v) is 7.65. The third-order valence-corrected chi connectivity index (χ3v) is 5.75. The van der Waals surface area contributed by atoms with Crippen LogP contribution in [0.1, 0.15) is 0 Å². The SMILES string of the molecule is COc1cccc2sc(NC(=O)C3CN(c4cc(-n5ccnc5)ncn4)C3)nc12. The fourth-order valence-electron chi connectivity index (χ4n) is 3.23. The highest BCUT2D eigenvalue weighted by molar-refractivity contribution is 7.22. The molecule has 1 amide bonds. The normalized spacial score (nSPS) is 14.0. The molecule has 1 aliphatic rings. The topological polar surface area (TPSA) is 98.1 Å². The van der Waals surface area contributed by atoms with Crippen LogP contribution in [0.15, 0.2) is 49.3 Å². The van der Waals surface area contributed by atoms with E-state index in [1.54, 1.807) is 19.6 Å². The largest absolute Gasteiger partial charge is 0.494 e. The van der Waals surface area contributed by atoms with Crippen molar-refractivity contribution in [3.8, 4) is 11.6 Å². The van der Waals surface area contributed by atoms with E-state index in [2.05, 4.69) is 25.3 Å². The van der Waals surface area contributed by atoms with Crippen molar-refractivity contribution in [1.29, 1.82) is 0 Å². The number of benzene rings is 1. The number of hydrogen-bond acceptors (Lipinski definition) is 8. The zero-order valence-corrected chi connectivity index (χ0v) is 16.3. The summed E-state index contributed by atoms with van der Waals surface area (Å²) >= 11 is 1.44. The smallest absolute Gasteiger partial charge is 0.232 e. The first-order valence-electron chi connectivity index (χ1n) is 9.01. The number of para-hydroxylation sites is 1. The Hall–Kier alpha value is -3.53. The Bertz CT molecular complexity index is 1170. The summed E-state index contributed by atoms with van der Waals surface area (Å²) in [5.74, 6) is 2.08. The van der Waals surface area contributed by atoms with E-state index in [4.69, 9.17) is 4.74 Å². The van der Waals surface area contributed by atoms with Gasteiger partial charge in [-0.3, -0.25) is 9.36 Å². The number of thiazole rings is 1. The lowest BCUT2D eigenvalue weighted by Crippen LogP contribution is -2.52. The average Bonchev–Trinajstić information content (AvgIpc) is 3.36. The minimum absolute atomic E-state index is 0.0387. The van der Waals surface area contributed by atoms with E-state index in [0.717, 1.165) is 21.9 Å². The minimum atomic E-state index is -0.115. The Labute approximate surface area is 170 Å². The van der Waals surface area contributed by atoms with Gasteiger partial charge in [0.25, 0.3) is 0 Å². The van der Waals surface area contributed by atoms with Crippen LogP contribution in [0.4, 0.5) is 10.9 Å². The van der Waals surface area contributed by atoms with Crippen LogP contribution >= 0.6 is 11.3 Å². The van der Waals surface area contributed by atoms with Crippen LogP contribution in [-0.2, 0) is 4.79 Å². The van der Waals surface area contributed by atoms with Crippen LogP contribution in [0, 0.1) is 5.92 Å². The Morgan fingerprint density at radius 1 is 1.28 bits per heavy atom. The average molecular weight is 407 g/mol. The summed E-state index contributed by atoms with van der Waals surface area (Å²) in [5.41, 5.74) is 0.763. The number of imidazole rings is 1. The summed E-state index contributed by atoms with van der Waals surface area (Å²) in [6.07, 6.45) is 6.73. The van der Waals surface area contributed by atoms with Gasteiger partial charge in [-0.1, -0.05) is 17.4 Å². The maximum atomic E-state index is 12.6. The number of fused-ring (bicyclic) bond motifs is 1. The van der Waals surface area contributed by atoms with Crippen LogP contribution in [0.3, 0.4) is 0 Å². The van der Waals surface area contributed by atoms with Crippen molar-refractivity contribution < 1.29 is 9.53 Å². The summed E-state index contributed by atoms with van der Waals surface area (Å²) in [5, 5.41) is 3.51. The van der Waals surface area contributed by atoms with E-state index < -0.39 is 0 Å². The molecule has 0 spiro atoms. The molecule has 1 N–H and O–H groups in total. The molecule has 9 nitrogen and oxygen atoms in total. The number of rotatable bonds is 5. The predicted molar refractivity (Wildman–Crippen MR) is 110 cm³/mol. The van der Waals surface area contributed by atoms with Gasteiger partial charge in [-0.25, -0.2) is 19.9 Å². The fourth-order valence-corrected chi connectivity index (χ4v) is 4.11. The standard InChI is InChI=1S/C19H17N7O2S/c1-28-13-3-2-4-14-17(13)23-19(29-14)24-18(27)12-8-26(9-12)16-7-15(21-10-22-16)25-6-5-20-11-25/h2-7,10-12H,8-9H2,1H3,(H,23,24,27). The number of carbonyl (C=O) groups is 1. The highest BCUT2D eigenvalue weighted by atomic mass is 32.1. The summed E-state index contributed by atoms with van der Waals surface area (Å²) in [7, 11) is 1.61. The van der Waals surface area contributed by atoms with Crippen molar-refractivity contribution >= 4 is 38.4 Å². The molecule has 0 radical (unpaired) electrons. The Balaban J connectivity index is 1.24. The number of hydrogen-bond donors (Lipinski definition) is 1. The van der Waals surface area contributed by atoms with Crippen LogP contribution < -0.4 is 15.0 Å². The van der Waals surface area contributed by atoms with Crippen LogP contribution in [0.25, 0.3) is 16.0 Å².